The molecular formula is C15H25N3O. The molecule has 4 nitrogen and oxygen atoms in total. The second-order valence-corrected chi connectivity index (χ2v) is 6.49. The van der Waals surface area contributed by atoms with Gasteiger partial charge in [0.15, 0.2) is 5.76 Å². The highest BCUT2D eigenvalue weighted by Gasteiger charge is 2.30. The number of aromatic nitrogens is 1. The Hall–Kier alpha value is -0.870. The number of nitrogens with one attached hydrogen (secondary N) is 1. The van der Waals surface area contributed by atoms with E-state index in [1.807, 2.05) is 0 Å². The van der Waals surface area contributed by atoms with Crippen molar-refractivity contribution in [1.82, 2.24) is 15.4 Å². The van der Waals surface area contributed by atoms with E-state index in [4.69, 9.17) is 4.52 Å². The van der Waals surface area contributed by atoms with Crippen molar-refractivity contribution in [3.63, 3.8) is 0 Å². The van der Waals surface area contributed by atoms with Gasteiger partial charge in [-0.3, -0.25) is 4.90 Å². The van der Waals surface area contributed by atoms with Crippen LogP contribution in [0.15, 0.2) is 10.6 Å². The molecule has 0 atom stereocenters. The van der Waals surface area contributed by atoms with Gasteiger partial charge in [0.25, 0.3) is 0 Å². The third-order valence-electron chi connectivity index (χ3n) is 3.78. The molecule has 0 aliphatic heterocycles. The molecule has 1 aromatic rings. The molecule has 0 unspecified atom stereocenters. The molecule has 3 rings (SSSR count). The van der Waals surface area contributed by atoms with Gasteiger partial charge in [-0.05, 0) is 31.6 Å². The van der Waals surface area contributed by atoms with Crippen LogP contribution >= 0.6 is 0 Å². The molecule has 2 fully saturated rings. The topological polar surface area (TPSA) is 41.3 Å². The summed E-state index contributed by atoms with van der Waals surface area (Å²) in [5.41, 5.74) is 1.04. The molecule has 0 spiro atoms. The summed E-state index contributed by atoms with van der Waals surface area (Å²) in [6.45, 7) is 7.48. The highest BCUT2D eigenvalue weighted by molar-refractivity contribution is 5.06. The fourth-order valence-electron chi connectivity index (χ4n) is 2.50. The van der Waals surface area contributed by atoms with Crippen LogP contribution in [0.1, 0.15) is 51.0 Å². The fraction of sp³-hybridized carbons (Fsp3) is 0.800. The van der Waals surface area contributed by atoms with Crippen molar-refractivity contribution in [3.8, 4) is 0 Å². The molecule has 2 aliphatic rings. The molecule has 0 bridgehead atoms. The van der Waals surface area contributed by atoms with Gasteiger partial charge in [0.2, 0.25) is 0 Å². The summed E-state index contributed by atoms with van der Waals surface area (Å²) in [6.07, 6.45) is 5.32. The average molecular weight is 263 g/mol. The van der Waals surface area contributed by atoms with Gasteiger partial charge in [0.1, 0.15) is 0 Å². The first-order valence-corrected chi connectivity index (χ1v) is 7.62. The minimum atomic E-state index is 0.708. The number of nitrogens with zero attached hydrogens (tertiary/aromatic N) is 2. The molecule has 106 valence electrons. The van der Waals surface area contributed by atoms with E-state index in [0.717, 1.165) is 43.2 Å². The minimum absolute atomic E-state index is 0.708. The molecule has 19 heavy (non-hydrogen) atoms. The van der Waals surface area contributed by atoms with Crippen LogP contribution < -0.4 is 5.32 Å². The quantitative estimate of drug-likeness (QED) is 0.782. The van der Waals surface area contributed by atoms with Gasteiger partial charge in [0.05, 0.1) is 12.2 Å². The van der Waals surface area contributed by atoms with Crippen LogP contribution in [-0.4, -0.2) is 28.7 Å². The van der Waals surface area contributed by atoms with Crippen molar-refractivity contribution >= 4 is 0 Å². The van der Waals surface area contributed by atoms with Crippen molar-refractivity contribution in [2.75, 3.05) is 6.54 Å². The molecule has 1 aromatic heterocycles. The molecular weight excluding hydrogens is 238 g/mol. The SMILES string of the molecule is CC(C)CN(Cc1cc(CNC2CC2)no1)C1CC1. The first-order valence-electron chi connectivity index (χ1n) is 7.62. The van der Waals surface area contributed by atoms with Crippen LogP contribution in [-0.2, 0) is 13.1 Å². The van der Waals surface area contributed by atoms with Crippen molar-refractivity contribution in [2.45, 2.75) is 64.7 Å². The Kier molecular flexibility index (Phi) is 3.89. The third kappa shape index (κ3) is 4.05. The Morgan fingerprint density at radius 2 is 2.16 bits per heavy atom. The molecule has 0 saturated heterocycles. The van der Waals surface area contributed by atoms with E-state index in [1.165, 1.54) is 25.7 Å². The number of hydrogen-bond donors (Lipinski definition) is 1. The molecule has 2 saturated carbocycles. The van der Waals surface area contributed by atoms with E-state index < -0.39 is 0 Å². The maximum absolute atomic E-state index is 5.48. The van der Waals surface area contributed by atoms with Gasteiger partial charge in [-0.1, -0.05) is 19.0 Å². The highest BCUT2D eigenvalue weighted by atomic mass is 16.5. The van der Waals surface area contributed by atoms with Crippen LogP contribution in [0.5, 0.6) is 0 Å². The molecule has 2 aliphatic carbocycles. The van der Waals surface area contributed by atoms with Crippen molar-refractivity contribution in [2.24, 2.45) is 5.92 Å². The van der Waals surface area contributed by atoms with Gasteiger partial charge in [0, 0.05) is 31.2 Å². The molecule has 4 heteroatoms. The zero-order valence-electron chi connectivity index (χ0n) is 12.1. The van der Waals surface area contributed by atoms with Crippen molar-refractivity contribution in [1.29, 1.82) is 0 Å². The van der Waals surface area contributed by atoms with E-state index in [9.17, 15) is 0 Å². The summed E-state index contributed by atoms with van der Waals surface area (Å²) < 4.78 is 5.48. The smallest absolute Gasteiger partial charge is 0.151 e. The van der Waals surface area contributed by atoms with Gasteiger partial charge in [-0.15, -0.1) is 0 Å². The van der Waals surface area contributed by atoms with Crippen LogP contribution in [0.25, 0.3) is 0 Å². The molecule has 1 N–H and O–H groups in total. The molecule has 0 radical (unpaired) electrons. The van der Waals surface area contributed by atoms with Crippen LogP contribution in [0.2, 0.25) is 0 Å². The summed E-state index contributed by atoms with van der Waals surface area (Å²) in [7, 11) is 0. The normalized spacial score (nSPS) is 19.6. The van der Waals surface area contributed by atoms with Crippen LogP contribution in [0, 0.1) is 5.92 Å². The largest absolute Gasteiger partial charge is 0.360 e. The van der Waals surface area contributed by atoms with E-state index in [2.05, 4.69) is 35.3 Å². The lowest BCUT2D eigenvalue weighted by Gasteiger charge is -2.22. The second-order valence-electron chi connectivity index (χ2n) is 6.49. The zero-order chi connectivity index (χ0) is 13.2. The van der Waals surface area contributed by atoms with E-state index >= 15 is 0 Å². The van der Waals surface area contributed by atoms with Gasteiger partial charge in [-0.25, -0.2) is 0 Å². The summed E-state index contributed by atoms with van der Waals surface area (Å²) >= 11 is 0. The summed E-state index contributed by atoms with van der Waals surface area (Å²) in [6, 6.07) is 3.62. The van der Waals surface area contributed by atoms with Gasteiger partial charge in [-0.2, -0.15) is 0 Å². The van der Waals surface area contributed by atoms with E-state index in [-0.39, 0.29) is 0 Å². The highest BCUT2D eigenvalue weighted by Crippen LogP contribution is 2.29. The summed E-state index contributed by atoms with van der Waals surface area (Å²) in [5, 5.41) is 7.63. The Balaban J connectivity index is 1.52. The minimum Gasteiger partial charge on any atom is -0.360 e. The number of hydrogen-bond acceptors (Lipinski definition) is 4. The van der Waals surface area contributed by atoms with Gasteiger partial charge < -0.3 is 9.84 Å². The first kappa shape index (κ1) is 13.1. The second kappa shape index (κ2) is 5.63. The van der Waals surface area contributed by atoms with Crippen molar-refractivity contribution < 1.29 is 4.52 Å². The maximum Gasteiger partial charge on any atom is 0.151 e. The Morgan fingerprint density at radius 3 is 2.79 bits per heavy atom. The standard InChI is InChI=1S/C15H25N3O/c1-11(2)9-18(14-5-6-14)10-15-7-13(17-19-15)8-16-12-3-4-12/h7,11-12,14,16H,3-6,8-10H2,1-2H3. The third-order valence-corrected chi connectivity index (χ3v) is 3.78. The fourth-order valence-corrected chi connectivity index (χ4v) is 2.50. The average Bonchev–Trinajstić information content (AvgIpc) is 3.26. The molecule has 1 heterocycles. The zero-order valence-corrected chi connectivity index (χ0v) is 12.1. The first-order chi connectivity index (χ1) is 9.20. The lowest BCUT2D eigenvalue weighted by Crippen LogP contribution is -2.29. The predicted octanol–water partition coefficient (Wildman–Crippen LogP) is 2.55. The Morgan fingerprint density at radius 1 is 1.37 bits per heavy atom. The lowest BCUT2D eigenvalue weighted by molar-refractivity contribution is 0.200. The molecule has 0 amide bonds. The number of rotatable bonds is 8. The van der Waals surface area contributed by atoms with Crippen LogP contribution in [0.4, 0.5) is 0 Å². The summed E-state index contributed by atoms with van der Waals surface area (Å²) in [4.78, 5) is 2.54. The maximum atomic E-state index is 5.48. The Bertz CT molecular complexity index is 407. The predicted molar refractivity (Wildman–Crippen MR) is 74.6 cm³/mol. The lowest BCUT2D eigenvalue weighted by atomic mass is 10.2. The van der Waals surface area contributed by atoms with E-state index in [1.54, 1.807) is 0 Å². The van der Waals surface area contributed by atoms with Crippen molar-refractivity contribution in [3.05, 3.63) is 17.5 Å². The molecule has 0 aromatic carbocycles. The van der Waals surface area contributed by atoms with Crippen LogP contribution in [0.3, 0.4) is 0 Å². The summed E-state index contributed by atoms with van der Waals surface area (Å²) in [5.74, 6) is 1.72. The Labute approximate surface area is 115 Å². The van der Waals surface area contributed by atoms with Gasteiger partial charge >= 0.3 is 0 Å². The monoisotopic (exact) mass is 263 g/mol. The van der Waals surface area contributed by atoms with E-state index in [0.29, 0.717) is 5.92 Å².